The minimum absolute atomic E-state index is 0.178. The number of hydrogen-bond acceptors (Lipinski definition) is 3. The number of benzene rings is 1. The maximum atomic E-state index is 13.5. The van der Waals surface area contributed by atoms with Gasteiger partial charge in [0.15, 0.2) is 0 Å². The minimum Gasteiger partial charge on any atom is -0.258 e. The Morgan fingerprint density at radius 1 is 1.29 bits per heavy atom. The Morgan fingerprint density at radius 2 is 1.94 bits per heavy atom. The number of fused-ring (bicyclic) bond motifs is 1. The van der Waals surface area contributed by atoms with Crippen molar-refractivity contribution >= 4 is 39.8 Å². The normalized spacial score (nSPS) is 10.8. The summed E-state index contributed by atoms with van der Waals surface area (Å²) in [5.41, 5.74) is -0.880. The predicted octanol–water partition coefficient (Wildman–Crippen LogP) is 3.73. The molecule has 17 heavy (non-hydrogen) atoms. The molecule has 0 N–H and O–H groups in total. The minimum atomic E-state index is -1.03. The summed E-state index contributed by atoms with van der Waals surface area (Å²) in [6.07, 6.45) is 0. The maximum absolute atomic E-state index is 13.5. The second-order valence-corrected chi connectivity index (χ2v) is 3.84. The number of nitrogens with zero attached hydrogens (tertiary/aromatic N) is 2. The molecule has 0 spiro atoms. The number of hydrogen-bond donors (Lipinski definition) is 0. The summed E-state index contributed by atoms with van der Waals surface area (Å²) in [5, 5.41) is 9.32. The molecule has 88 valence electrons. The Kier molecular flexibility index (Phi) is 2.84. The van der Waals surface area contributed by atoms with Gasteiger partial charge in [0.2, 0.25) is 5.15 Å². The lowest BCUT2D eigenvalue weighted by molar-refractivity contribution is -0.384. The number of pyridine rings is 1. The van der Waals surface area contributed by atoms with E-state index in [9.17, 15) is 18.9 Å². The highest BCUT2D eigenvalue weighted by molar-refractivity contribution is 6.41. The van der Waals surface area contributed by atoms with Crippen LogP contribution in [0.1, 0.15) is 0 Å². The molecule has 0 aliphatic heterocycles. The zero-order valence-electron chi connectivity index (χ0n) is 7.88. The van der Waals surface area contributed by atoms with E-state index >= 15 is 0 Å². The van der Waals surface area contributed by atoms with Crippen LogP contribution in [-0.2, 0) is 0 Å². The first-order valence-electron chi connectivity index (χ1n) is 4.20. The van der Waals surface area contributed by atoms with Crippen molar-refractivity contribution in [1.82, 2.24) is 4.98 Å². The predicted molar refractivity (Wildman–Crippen MR) is 58.3 cm³/mol. The van der Waals surface area contributed by atoms with Crippen molar-refractivity contribution < 1.29 is 13.7 Å². The molecular formula is C9H2Cl2F2N2O2. The van der Waals surface area contributed by atoms with Gasteiger partial charge in [-0.3, -0.25) is 10.1 Å². The highest BCUT2D eigenvalue weighted by Gasteiger charge is 2.24. The lowest BCUT2D eigenvalue weighted by Crippen LogP contribution is -1.96. The number of aromatic nitrogens is 1. The Morgan fingerprint density at radius 3 is 2.53 bits per heavy atom. The summed E-state index contributed by atoms with van der Waals surface area (Å²) in [6.45, 7) is 0. The van der Waals surface area contributed by atoms with E-state index in [2.05, 4.69) is 4.98 Å². The van der Waals surface area contributed by atoms with Crippen LogP contribution in [0.25, 0.3) is 10.9 Å². The van der Waals surface area contributed by atoms with Crippen LogP contribution in [0.4, 0.5) is 14.5 Å². The summed E-state index contributed by atoms with van der Waals surface area (Å²) >= 11 is 11.2. The highest BCUT2D eigenvalue weighted by atomic mass is 35.5. The smallest absolute Gasteiger partial charge is 0.258 e. The van der Waals surface area contributed by atoms with Crippen molar-refractivity contribution in [3.05, 3.63) is 44.1 Å². The fourth-order valence-corrected chi connectivity index (χ4v) is 2.04. The van der Waals surface area contributed by atoms with Crippen molar-refractivity contribution in [2.45, 2.75) is 0 Å². The molecule has 1 aromatic heterocycles. The van der Waals surface area contributed by atoms with Crippen molar-refractivity contribution in [1.29, 1.82) is 0 Å². The quantitative estimate of drug-likeness (QED) is 0.454. The van der Waals surface area contributed by atoms with Gasteiger partial charge >= 0.3 is 5.69 Å². The lowest BCUT2D eigenvalue weighted by atomic mass is 10.2. The van der Waals surface area contributed by atoms with Crippen LogP contribution in [0.3, 0.4) is 0 Å². The van der Waals surface area contributed by atoms with Crippen LogP contribution in [0.15, 0.2) is 12.1 Å². The van der Waals surface area contributed by atoms with Crippen molar-refractivity contribution in [2.75, 3.05) is 0 Å². The van der Waals surface area contributed by atoms with E-state index in [1.54, 1.807) is 0 Å². The average Bonchev–Trinajstić information content (AvgIpc) is 2.13. The monoisotopic (exact) mass is 278 g/mol. The molecule has 8 heteroatoms. The first-order chi connectivity index (χ1) is 7.91. The zero-order valence-corrected chi connectivity index (χ0v) is 9.39. The summed E-state index contributed by atoms with van der Waals surface area (Å²) < 4.78 is 26.4. The van der Waals surface area contributed by atoms with Gasteiger partial charge in [-0.15, -0.1) is 0 Å². The number of halogens is 4. The van der Waals surface area contributed by atoms with Gasteiger partial charge in [-0.05, 0) is 0 Å². The second-order valence-electron chi connectivity index (χ2n) is 3.10. The molecule has 0 atom stereocenters. The molecule has 0 saturated carbocycles. The third kappa shape index (κ3) is 1.89. The number of rotatable bonds is 1. The third-order valence-corrected chi connectivity index (χ3v) is 2.69. The molecule has 4 nitrogen and oxygen atoms in total. The molecule has 0 fully saturated rings. The van der Waals surface area contributed by atoms with Crippen LogP contribution < -0.4 is 0 Å². The van der Waals surface area contributed by atoms with Gasteiger partial charge in [-0.2, -0.15) is 0 Å². The molecule has 0 amide bonds. The van der Waals surface area contributed by atoms with E-state index in [1.165, 1.54) is 0 Å². The second kappa shape index (κ2) is 4.05. The topological polar surface area (TPSA) is 56.0 Å². The Balaban J connectivity index is 2.97. The lowest BCUT2D eigenvalue weighted by Gasteiger charge is -2.04. The fourth-order valence-electron chi connectivity index (χ4n) is 1.39. The van der Waals surface area contributed by atoms with Gasteiger partial charge in [0.25, 0.3) is 0 Å². The summed E-state index contributed by atoms with van der Waals surface area (Å²) in [6, 6.07) is 1.45. The highest BCUT2D eigenvalue weighted by Crippen LogP contribution is 2.37. The Hall–Kier alpha value is -1.53. The van der Waals surface area contributed by atoms with Gasteiger partial charge in [-0.25, -0.2) is 13.8 Å². The van der Waals surface area contributed by atoms with E-state index in [4.69, 9.17) is 23.2 Å². The van der Waals surface area contributed by atoms with Crippen LogP contribution in [-0.4, -0.2) is 9.91 Å². The maximum Gasteiger partial charge on any atom is 0.325 e. The molecule has 0 unspecified atom stereocenters. The standard InChI is InChI=1S/C9H2Cl2F2N2O2/c10-7-6-4(13)1-3(12)2-5(6)14-9(11)8(7)15(16)17/h1-2H. The molecule has 2 rings (SSSR count). The van der Waals surface area contributed by atoms with Crippen LogP contribution >= 0.6 is 23.2 Å². The summed E-state index contributed by atoms with van der Waals surface area (Å²) in [4.78, 5) is 13.3. The fraction of sp³-hybridized carbons (Fsp3) is 0. The Bertz CT molecular complexity index is 649. The molecule has 0 aliphatic rings. The zero-order chi connectivity index (χ0) is 12.7. The first-order valence-corrected chi connectivity index (χ1v) is 4.95. The summed E-state index contributed by atoms with van der Waals surface area (Å²) in [5.74, 6) is -1.90. The van der Waals surface area contributed by atoms with Gasteiger partial charge in [0.05, 0.1) is 15.8 Å². The third-order valence-electron chi connectivity index (χ3n) is 2.06. The molecule has 0 saturated heterocycles. The van der Waals surface area contributed by atoms with Crippen molar-refractivity contribution in [3.8, 4) is 0 Å². The molecule has 0 bridgehead atoms. The van der Waals surface area contributed by atoms with Crippen molar-refractivity contribution in [3.63, 3.8) is 0 Å². The first kappa shape index (κ1) is 11.9. The van der Waals surface area contributed by atoms with Crippen LogP contribution in [0.5, 0.6) is 0 Å². The molecule has 1 heterocycles. The largest absolute Gasteiger partial charge is 0.325 e. The molecular weight excluding hydrogens is 277 g/mol. The molecule has 1 aromatic carbocycles. The van der Waals surface area contributed by atoms with E-state index in [0.29, 0.717) is 6.07 Å². The average molecular weight is 279 g/mol. The van der Waals surface area contributed by atoms with E-state index in [-0.39, 0.29) is 10.9 Å². The van der Waals surface area contributed by atoms with Gasteiger partial charge in [0, 0.05) is 12.1 Å². The van der Waals surface area contributed by atoms with E-state index < -0.39 is 32.4 Å². The molecule has 2 aromatic rings. The Labute approximate surface area is 103 Å². The molecule has 0 aliphatic carbocycles. The van der Waals surface area contributed by atoms with Gasteiger partial charge < -0.3 is 0 Å². The van der Waals surface area contributed by atoms with E-state index in [1.807, 2.05) is 0 Å². The summed E-state index contributed by atoms with van der Waals surface area (Å²) in [7, 11) is 0. The van der Waals surface area contributed by atoms with Crippen molar-refractivity contribution in [2.24, 2.45) is 0 Å². The van der Waals surface area contributed by atoms with Gasteiger partial charge in [-0.1, -0.05) is 23.2 Å². The van der Waals surface area contributed by atoms with Gasteiger partial charge in [0.1, 0.15) is 16.7 Å². The van der Waals surface area contributed by atoms with Crippen LogP contribution in [0, 0.1) is 21.7 Å². The SMILES string of the molecule is O=[N+]([O-])c1c(Cl)nc2cc(F)cc(F)c2c1Cl. The van der Waals surface area contributed by atoms with Crippen LogP contribution in [0.2, 0.25) is 10.2 Å². The molecule has 0 radical (unpaired) electrons. The number of nitro groups is 1. The van der Waals surface area contributed by atoms with E-state index in [0.717, 1.165) is 6.07 Å².